The summed E-state index contributed by atoms with van der Waals surface area (Å²) < 4.78 is 0.900. The predicted molar refractivity (Wildman–Crippen MR) is 43.0 cm³/mol. The number of hydrogen-bond donors (Lipinski definition) is 1. The molecule has 0 radical (unpaired) electrons. The summed E-state index contributed by atoms with van der Waals surface area (Å²) in [6.45, 7) is 0. The molecule has 1 N–H and O–H groups in total. The molecule has 44 valence electrons. The van der Waals surface area contributed by atoms with Crippen LogP contribution >= 0.6 is 15.9 Å². The zero-order chi connectivity index (χ0) is 5.98. The molecule has 0 aromatic heterocycles. The van der Waals surface area contributed by atoms with E-state index >= 15 is 0 Å². The van der Waals surface area contributed by atoms with Gasteiger partial charge in [-0.05, 0) is 18.2 Å². The van der Waals surface area contributed by atoms with Crippen molar-refractivity contribution in [3.8, 4) is 5.75 Å². The fourth-order valence-corrected chi connectivity index (χ4v) is 0.863. The Morgan fingerprint density at radius 3 is 2.33 bits per heavy atom. The summed E-state index contributed by atoms with van der Waals surface area (Å²) in [5.74, 6) is 0.291. The molecule has 0 fully saturated rings. The molecule has 1 aromatic rings. The minimum atomic E-state index is 0. The van der Waals surface area contributed by atoms with Gasteiger partial charge in [0.15, 0.2) is 0 Å². The zero-order valence-electron chi connectivity index (χ0n) is 4.13. The average Bonchev–Trinajstić information content (AvgIpc) is 1.64. The number of hydrogen-bond acceptors (Lipinski definition) is 1. The SMILES string of the molecule is Oc1cccc(Br)c1.[NaH]. The molecule has 0 amide bonds. The third-order valence-electron chi connectivity index (χ3n) is 0.808. The molecule has 0 aliphatic carbocycles. The molecule has 0 atom stereocenters. The van der Waals surface area contributed by atoms with E-state index in [1.807, 2.05) is 6.07 Å². The molecule has 9 heavy (non-hydrogen) atoms. The van der Waals surface area contributed by atoms with E-state index in [1.165, 1.54) is 0 Å². The topological polar surface area (TPSA) is 20.2 Å². The van der Waals surface area contributed by atoms with Gasteiger partial charge < -0.3 is 5.11 Å². The van der Waals surface area contributed by atoms with Crippen molar-refractivity contribution in [1.82, 2.24) is 0 Å². The molecule has 0 bridgehead atoms. The third-order valence-corrected chi connectivity index (χ3v) is 1.30. The van der Waals surface area contributed by atoms with Crippen LogP contribution in [0.2, 0.25) is 0 Å². The molecule has 1 aromatic carbocycles. The molecule has 1 rings (SSSR count). The summed E-state index contributed by atoms with van der Waals surface area (Å²) in [7, 11) is 0. The molecule has 0 saturated heterocycles. The zero-order valence-corrected chi connectivity index (χ0v) is 5.72. The summed E-state index contributed by atoms with van der Waals surface area (Å²) in [4.78, 5) is 0. The fourth-order valence-electron chi connectivity index (χ4n) is 0.476. The second-order valence-electron chi connectivity index (χ2n) is 1.48. The molecule has 0 spiro atoms. The van der Waals surface area contributed by atoms with Gasteiger partial charge in [-0.1, -0.05) is 22.0 Å². The van der Waals surface area contributed by atoms with Crippen LogP contribution in [0.1, 0.15) is 0 Å². The first-order valence-electron chi connectivity index (χ1n) is 2.23. The van der Waals surface area contributed by atoms with Gasteiger partial charge in [-0.15, -0.1) is 0 Å². The number of phenols is 1. The maximum absolute atomic E-state index is 8.78. The Labute approximate surface area is 84.5 Å². The first kappa shape index (κ1) is 9.50. The quantitative estimate of drug-likeness (QED) is 0.625. The number of aromatic hydroxyl groups is 1. The molecule has 0 aliphatic heterocycles. The summed E-state index contributed by atoms with van der Waals surface area (Å²) in [5.41, 5.74) is 0. The van der Waals surface area contributed by atoms with Gasteiger partial charge in [0.1, 0.15) is 5.75 Å². The summed E-state index contributed by atoms with van der Waals surface area (Å²) in [6.07, 6.45) is 0. The van der Waals surface area contributed by atoms with Gasteiger partial charge in [0.2, 0.25) is 0 Å². The minimum absolute atomic E-state index is 0. The van der Waals surface area contributed by atoms with Crippen molar-refractivity contribution in [3.05, 3.63) is 28.7 Å². The Morgan fingerprint density at radius 1 is 1.33 bits per heavy atom. The van der Waals surface area contributed by atoms with Gasteiger partial charge in [0, 0.05) is 4.47 Å². The van der Waals surface area contributed by atoms with E-state index in [9.17, 15) is 0 Å². The molecule has 1 nitrogen and oxygen atoms in total. The van der Waals surface area contributed by atoms with Crippen molar-refractivity contribution in [2.45, 2.75) is 0 Å². The Hall–Kier alpha value is 0.500. The van der Waals surface area contributed by atoms with E-state index in [0.717, 1.165) is 4.47 Å². The molecular formula is C6H6BrNaO. The van der Waals surface area contributed by atoms with Crippen molar-refractivity contribution >= 4 is 45.5 Å². The van der Waals surface area contributed by atoms with Crippen molar-refractivity contribution in [2.24, 2.45) is 0 Å². The Kier molecular flexibility index (Phi) is 4.58. The van der Waals surface area contributed by atoms with Crippen LogP contribution in [0.4, 0.5) is 0 Å². The molecule has 3 heteroatoms. The second kappa shape index (κ2) is 4.34. The average molecular weight is 197 g/mol. The van der Waals surface area contributed by atoms with Gasteiger partial charge in [-0.3, -0.25) is 0 Å². The monoisotopic (exact) mass is 196 g/mol. The normalized spacial score (nSPS) is 8.11. The Balaban J connectivity index is 0.000000640. The standard InChI is InChI=1S/C6H5BrO.Na.H/c7-5-2-1-3-6(8)4-5;;/h1-4,8H;;. The van der Waals surface area contributed by atoms with Gasteiger partial charge in [0.05, 0.1) is 0 Å². The fraction of sp³-hybridized carbons (Fsp3) is 0. The van der Waals surface area contributed by atoms with Crippen LogP contribution < -0.4 is 0 Å². The van der Waals surface area contributed by atoms with E-state index < -0.39 is 0 Å². The first-order chi connectivity index (χ1) is 3.79. The summed E-state index contributed by atoms with van der Waals surface area (Å²) in [6, 6.07) is 6.91. The van der Waals surface area contributed by atoms with Crippen LogP contribution in [0, 0.1) is 0 Å². The van der Waals surface area contributed by atoms with E-state index in [1.54, 1.807) is 18.2 Å². The second-order valence-corrected chi connectivity index (χ2v) is 2.40. The number of phenolic OH excluding ortho intramolecular Hbond substituents is 1. The van der Waals surface area contributed by atoms with Crippen LogP contribution in [-0.2, 0) is 0 Å². The van der Waals surface area contributed by atoms with Crippen LogP contribution in [0.25, 0.3) is 0 Å². The Bertz CT molecular complexity index is 173. The summed E-state index contributed by atoms with van der Waals surface area (Å²) in [5, 5.41) is 8.78. The molecule has 0 unspecified atom stereocenters. The van der Waals surface area contributed by atoms with Crippen molar-refractivity contribution in [3.63, 3.8) is 0 Å². The van der Waals surface area contributed by atoms with E-state index in [-0.39, 0.29) is 29.6 Å². The first-order valence-corrected chi connectivity index (χ1v) is 3.03. The van der Waals surface area contributed by atoms with E-state index in [2.05, 4.69) is 15.9 Å². The van der Waals surface area contributed by atoms with Gasteiger partial charge >= 0.3 is 29.6 Å². The van der Waals surface area contributed by atoms with Crippen molar-refractivity contribution in [2.75, 3.05) is 0 Å². The molecule has 0 saturated carbocycles. The molecule has 0 heterocycles. The number of halogens is 1. The van der Waals surface area contributed by atoms with Gasteiger partial charge in [-0.25, -0.2) is 0 Å². The third kappa shape index (κ3) is 3.26. The van der Waals surface area contributed by atoms with Crippen LogP contribution in [0.5, 0.6) is 5.75 Å². The van der Waals surface area contributed by atoms with E-state index in [0.29, 0.717) is 5.75 Å². The van der Waals surface area contributed by atoms with Gasteiger partial charge in [-0.2, -0.15) is 0 Å². The summed E-state index contributed by atoms with van der Waals surface area (Å²) >= 11 is 3.20. The van der Waals surface area contributed by atoms with Gasteiger partial charge in [0.25, 0.3) is 0 Å². The van der Waals surface area contributed by atoms with Crippen molar-refractivity contribution < 1.29 is 5.11 Å². The molecular weight excluding hydrogens is 191 g/mol. The van der Waals surface area contributed by atoms with Crippen molar-refractivity contribution in [1.29, 1.82) is 0 Å². The van der Waals surface area contributed by atoms with Crippen LogP contribution in [0.3, 0.4) is 0 Å². The predicted octanol–water partition coefficient (Wildman–Crippen LogP) is 1.51. The number of benzene rings is 1. The van der Waals surface area contributed by atoms with Crippen LogP contribution in [-0.4, -0.2) is 34.7 Å². The van der Waals surface area contributed by atoms with E-state index in [4.69, 9.17) is 5.11 Å². The number of rotatable bonds is 0. The molecule has 0 aliphatic rings. The maximum atomic E-state index is 8.78. The van der Waals surface area contributed by atoms with Crippen LogP contribution in [0.15, 0.2) is 28.7 Å². The Morgan fingerprint density at radius 2 is 2.00 bits per heavy atom.